The maximum Gasteiger partial charge on any atom is 0.407 e. The van der Waals surface area contributed by atoms with Crippen LogP contribution in [0.4, 0.5) is 10.6 Å². The van der Waals surface area contributed by atoms with Gasteiger partial charge in [0.1, 0.15) is 11.9 Å². The number of benzene rings is 1. The molecule has 5 rings (SSSR count). The van der Waals surface area contributed by atoms with Crippen molar-refractivity contribution in [2.75, 3.05) is 18.4 Å². The number of anilines is 1. The molecule has 2 amide bonds. The van der Waals surface area contributed by atoms with Crippen molar-refractivity contribution in [2.45, 2.75) is 25.0 Å². The van der Waals surface area contributed by atoms with Gasteiger partial charge in [-0.05, 0) is 24.3 Å². The predicted molar refractivity (Wildman–Crippen MR) is 104 cm³/mol. The Labute approximate surface area is 165 Å². The van der Waals surface area contributed by atoms with Crippen LogP contribution in [-0.2, 0) is 0 Å². The van der Waals surface area contributed by atoms with Crippen LogP contribution in [0, 0.1) is 0 Å². The molecule has 0 spiro atoms. The number of carbonyl (C=O) groups excluding carboxylic acids is 1. The van der Waals surface area contributed by atoms with Crippen LogP contribution >= 0.6 is 0 Å². The highest BCUT2D eigenvalue weighted by atomic mass is 16.4. The summed E-state index contributed by atoms with van der Waals surface area (Å²) < 4.78 is 1.80. The van der Waals surface area contributed by atoms with Crippen molar-refractivity contribution in [1.29, 1.82) is 0 Å². The van der Waals surface area contributed by atoms with Crippen LogP contribution in [0.5, 0.6) is 0 Å². The van der Waals surface area contributed by atoms with Crippen LogP contribution in [0.25, 0.3) is 10.8 Å². The van der Waals surface area contributed by atoms with E-state index in [1.807, 2.05) is 6.07 Å². The van der Waals surface area contributed by atoms with E-state index in [4.69, 9.17) is 5.11 Å². The molecular weight excluding hydrogens is 374 g/mol. The quantitative estimate of drug-likeness (QED) is 0.628. The summed E-state index contributed by atoms with van der Waals surface area (Å²) in [5.74, 6) is 0.322. The van der Waals surface area contributed by atoms with Gasteiger partial charge < -0.3 is 20.4 Å². The van der Waals surface area contributed by atoms with Crippen molar-refractivity contribution in [3.8, 4) is 0 Å². The maximum atomic E-state index is 12.1. The fourth-order valence-corrected chi connectivity index (χ4v) is 4.19. The van der Waals surface area contributed by atoms with E-state index < -0.39 is 12.2 Å². The number of piperidine rings is 1. The second kappa shape index (κ2) is 6.56. The number of pyridine rings is 1. The molecule has 148 valence electrons. The fraction of sp³-hybridized carbons (Fsp3) is 0.300. The lowest BCUT2D eigenvalue weighted by molar-refractivity contribution is 0.103. The normalized spacial score (nSPS) is 17.6. The number of nitrogens with zero attached hydrogens (tertiary/aromatic N) is 4. The van der Waals surface area contributed by atoms with Crippen LogP contribution < -0.4 is 5.32 Å². The summed E-state index contributed by atoms with van der Waals surface area (Å²) in [5, 5.41) is 28.7. The van der Waals surface area contributed by atoms with Gasteiger partial charge in [-0.1, -0.05) is 12.1 Å². The summed E-state index contributed by atoms with van der Waals surface area (Å²) in [6.07, 6.45) is 4.54. The largest absolute Gasteiger partial charge is 0.465 e. The van der Waals surface area contributed by atoms with Crippen molar-refractivity contribution in [3.63, 3.8) is 0 Å². The Morgan fingerprint density at radius 1 is 1.24 bits per heavy atom. The fourth-order valence-electron chi connectivity index (χ4n) is 4.19. The first-order chi connectivity index (χ1) is 14.0. The molecule has 29 heavy (non-hydrogen) atoms. The summed E-state index contributed by atoms with van der Waals surface area (Å²) in [6, 6.07) is 5.50. The first kappa shape index (κ1) is 17.6. The number of aliphatic hydroxyl groups is 1. The van der Waals surface area contributed by atoms with Crippen LogP contribution in [0.15, 0.2) is 36.8 Å². The van der Waals surface area contributed by atoms with Gasteiger partial charge in [-0.3, -0.25) is 9.48 Å². The Morgan fingerprint density at radius 3 is 2.79 bits per heavy atom. The first-order valence-electron chi connectivity index (χ1n) is 9.46. The van der Waals surface area contributed by atoms with Gasteiger partial charge >= 0.3 is 6.09 Å². The van der Waals surface area contributed by atoms with E-state index in [0.717, 1.165) is 10.8 Å². The third-order valence-corrected chi connectivity index (χ3v) is 5.76. The zero-order valence-corrected chi connectivity index (χ0v) is 15.4. The lowest BCUT2D eigenvalue weighted by Gasteiger charge is -2.30. The second-order valence-corrected chi connectivity index (χ2v) is 7.40. The Kier molecular flexibility index (Phi) is 3.99. The SMILES string of the molecule is O=C1Nc2ncc(C(O)c3cnn(C4CCN(C(=O)O)CC4)c3)c3cccc1c23. The van der Waals surface area contributed by atoms with Gasteiger partial charge in [0.05, 0.1) is 17.8 Å². The van der Waals surface area contributed by atoms with Crippen LogP contribution in [0.3, 0.4) is 0 Å². The molecule has 1 unspecified atom stereocenters. The molecule has 9 nitrogen and oxygen atoms in total. The summed E-state index contributed by atoms with van der Waals surface area (Å²) in [7, 11) is 0. The number of hydrogen-bond acceptors (Lipinski definition) is 5. The molecule has 0 bridgehead atoms. The average molecular weight is 393 g/mol. The van der Waals surface area contributed by atoms with Gasteiger partial charge in [-0.25, -0.2) is 9.78 Å². The Hall–Kier alpha value is -3.46. The van der Waals surface area contributed by atoms with E-state index in [-0.39, 0.29) is 11.9 Å². The first-order valence-corrected chi connectivity index (χ1v) is 9.46. The monoisotopic (exact) mass is 393 g/mol. The smallest absolute Gasteiger partial charge is 0.407 e. The second-order valence-electron chi connectivity index (χ2n) is 7.40. The number of nitrogens with one attached hydrogen (secondary N) is 1. The lowest BCUT2D eigenvalue weighted by Crippen LogP contribution is -2.38. The molecule has 0 radical (unpaired) electrons. The lowest BCUT2D eigenvalue weighted by atomic mass is 9.98. The van der Waals surface area contributed by atoms with Gasteiger partial charge in [-0.2, -0.15) is 5.10 Å². The zero-order valence-electron chi connectivity index (χ0n) is 15.4. The summed E-state index contributed by atoms with van der Waals surface area (Å²) in [6.45, 7) is 0.940. The van der Waals surface area contributed by atoms with Crippen LogP contribution in [-0.4, -0.2) is 55.0 Å². The topological polar surface area (TPSA) is 121 Å². The van der Waals surface area contributed by atoms with Gasteiger partial charge in [0.15, 0.2) is 0 Å². The van der Waals surface area contributed by atoms with E-state index in [1.54, 1.807) is 35.4 Å². The van der Waals surface area contributed by atoms with Gasteiger partial charge in [0.2, 0.25) is 0 Å². The van der Waals surface area contributed by atoms with Crippen LogP contribution in [0.2, 0.25) is 0 Å². The highest BCUT2D eigenvalue weighted by molar-refractivity contribution is 6.23. The number of hydrogen-bond donors (Lipinski definition) is 3. The molecule has 4 heterocycles. The number of carboxylic acid groups (broad SMARTS) is 1. The Bertz CT molecular complexity index is 1130. The molecule has 3 aromatic rings. The molecular formula is C20H19N5O4. The van der Waals surface area contributed by atoms with E-state index in [0.29, 0.717) is 48.4 Å². The van der Waals surface area contributed by atoms with Gasteiger partial charge in [-0.15, -0.1) is 0 Å². The third kappa shape index (κ3) is 2.82. The molecule has 0 aliphatic carbocycles. The van der Waals surface area contributed by atoms with Crippen molar-refractivity contribution in [2.24, 2.45) is 0 Å². The highest BCUT2D eigenvalue weighted by Gasteiger charge is 2.27. The molecule has 2 aliphatic rings. The van der Waals surface area contributed by atoms with E-state index >= 15 is 0 Å². The Morgan fingerprint density at radius 2 is 2.03 bits per heavy atom. The minimum atomic E-state index is -0.935. The number of rotatable bonds is 3. The zero-order chi connectivity index (χ0) is 20.1. The van der Waals surface area contributed by atoms with Gasteiger partial charge in [0.25, 0.3) is 5.91 Å². The summed E-state index contributed by atoms with van der Waals surface area (Å²) in [5.41, 5.74) is 1.80. The molecule has 1 atom stereocenters. The van der Waals surface area contributed by atoms with Crippen molar-refractivity contribution < 1.29 is 19.8 Å². The summed E-state index contributed by atoms with van der Waals surface area (Å²) in [4.78, 5) is 28.9. The van der Waals surface area contributed by atoms with Gasteiger partial charge in [0, 0.05) is 42.0 Å². The van der Waals surface area contributed by atoms with E-state index in [1.165, 1.54) is 4.90 Å². The molecule has 1 saturated heterocycles. The molecule has 2 aliphatic heterocycles. The minimum absolute atomic E-state index is 0.0966. The highest BCUT2D eigenvalue weighted by Crippen LogP contribution is 2.37. The molecule has 0 saturated carbocycles. The number of likely N-dealkylation sites (tertiary alicyclic amines) is 1. The molecule has 1 aromatic carbocycles. The number of aromatic nitrogens is 3. The minimum Gasteiger partial charge on any atom is -0.465 e. The predicted octanol–water partition coefficient (Wildman–Crippen LogP) is 2.39. The molecule has 3 N–H and O–H groups in total. The van der Waals surface area contributed by atoms with Crippen LogP contribution in [0.1, 0.15) is 46.5 Å². The molecule has 1 fully saturated rings. The van der Waals surface area contributed by atoms with E-state index in [2.05, 4.69) is 15.4 Å². The summed E-state index contributed by atoms with van der Waals surface area (Å²) >= 11 is 0. The maximum absolute atomic E-state index is 12.1. The van der Waals surface area contributed by atoms with Crippen molar-refractivity contribution in [3.05, 3.63) is 53.5 Å². The van der Waals surface area contributed by atoms with Crippen molar-refractivity contribution >= 4 is 28.6 Å². The van der Waals surface area contributed by atoms with Crippen molar-refractivity contribution in [1.82, 2.24) is 19.7 Å². The number of aliphatic hydroxyl groups excluding tert-OH is 1. The third-order valence-electron chi connectivity index (χ3n) is 5.76. The molecule has 2 aromatic heterocycles. The standard InChI is InChI=1S/C20H19N5O4/c26-17(11-8-22-25(10-11)12-4-6-24(7-5-12)20(28)29)15-9-21-18-16-13(15)2-1-3-14(16)19(27)23-18/h1-3,8-10,12,17,26H,4-7H2,(H,28,29)(H,21,23,27). The Balaban J connectivity index is 1.43. The number of amides is 2. The molecule has 9 heteroatoms. The number of carbonyl (C=O) groups is 2. The van der Waals surface area contributed by atoms with E-state index in [9.17, 15) is 14.7 Å². The average Bonchev–Trinajstić information content (AvgIpc) is 3.35.